The maximum Gasteiger partial charge on any atom is 0.408 e. The van der Waals surface area contributed by atoms with Gasteiger partial charge in [0.15, 0.2) is 0 Å². The number of aliphatic hydroxyl groups excluding tert-OH is 1. The van der Waals surface area contributed by atoms with Gasteiger partial charge in [-0.15, -0.1) is 0 Å². The number of alkyl carbamates (subject to hydrolysis) is 1. The molecule has 0 spiro atoms. The average molecular weight is 348 g/mol. The molecule has 3 heterocycles. The monoisotopic (exact) mass is 348 g/mol. The lowest BCUT2D eigenvalue weighted by Crippen LogP contribution is -2.56. The number of likely N-dealkylation sites (tertiary alicyclic amines) is 1. The lowest BCUT2D eigenvalue weighted by atomic mass is 10.0. The molecule has 25 heavy (non-hydrogen) atoms. The third kappa shape index (κ3) is 3.45. The van der Waals surface area contributed by atoms with Crippen molar-refractivity contribution in [3.05, 3.63) is 24.8 Å². The van der Waals surface area contributed by atoms with E-state index in [0.29, 0.717) is 24.0 Å². The van der Waals surface area contributed by atoms with Crippen LogP contribution in [-0.2, 0) is 4.74 Å². The quantitative estimate of drug-likeness (QED) is 0.733. The molecule has 2 atom stereocenters. The molecule has 3 aliphatic heterocycles. The Hall–Kier alpha value is -2.19. The largest absolute Gasteiger partial charge is 0.444 e. The lowest BCUT2D eigenvalue weighted by Gasteiger charge is -2.32. The lowest BCUT2D eigenvalue weighted by molar-refractivity contribution is -0.702. The molecule has 1 amide bonds. The minimum absolute atomic E-state index is 0.164. The molecule has 0 aromatic heterocycles. The van der Waals surface area contributed by atoms with Crippen molar-refractivity contribution in [1.82, 2.24) is 10.2 Å². The maximum absolute atomic E-state index is 12.2. The first-order valence-electron chi connectivity index (χ1n) is 8.41. The van der Waals surface area contributed by atoms with Crippen LogP contribution in [0, 0.1) is 0 Å². The van der Waals surface area contributed by atoms with Crippen molar-refractivity contribution in [3.63, 3.8) is 0 Å². The Labute approximate surface area is 147 Å². The number of nitrogens with zero attached hydrogens (tertiary/aromatic N) is 4. The zero-order valence-corrected chi connectivity index (χ0v) is 15.2. The van der Waals surface area contributed by atoms with Crippen LogP contribution in [0.5, 0.6) is 0 Å². The molecule has 3 aliphatic rings. The standard InChI is InChI=1S/C17H25N5O3/c1-16(2,3)25-15(24)20-17(12-23)5-8-21(11-17)13-14-19-7-10-22(14,4)9-6-18-13/h6-7,9-10,23H,5,8,11-12H2,1-4H3/p+1. The average Bonchev–Trinajstić information content (AvgIpc) is 3.08. The van der Waals surface area contributed by atoms with Crippen molar-refractivity contribution in [1.29, 1.82) is 0 Å². The molecular weight excluding hydrogens is 322 g/mol. The van der Waals surface area contributed by atoms with Crippen molar-refractivity contribution in [2.24, 2.45) is 9.98 Å². The first-order chi connectivity index (χ1) is 11.7. The number of amides is 1. The molecule has 0 aromatic rings. The predicted molar refractivity (Wildman–Crippen MR) is 94.7 cm³/mol. The summed E-state index contributed by atoms with van der Waals surface area (Å²) in [6.07, 6.45) is 7.57. The summed E-state index contributed by atoms with van der Waals surface area (Å²) in [4.78, 5) is 23.1. The first-order valence-corrected chi connectivity index (χ1v) is 8.41. The SMILES string of the molecule is CC(C)(C)OC(=O)NC1(CO)CCN(C2=NC=C[N+]3(C)C=CN=C23)C1. The molecule has 136 valence electrons. The van der Waals surface area contributed by atoms with Crippen LogP contribution in [0.2, 0.25) is 0 Å². The smallest absolute Gasteiger partial charge is 0.408 e. The zero-order chi connectivity index (χ0) is 18.3. The molecule has 1 saturated heterocycles. The number of quaternary nitrogens is 1. The van der Waals surface area contributed by atoms with Crippen LogP contribution in [0.1, 0.15) is 27.2 Å². The Morgan fingerprint density at radius 2 is 2.08 bits per heavy atom. The molecular formula is C17H26N5O3+. The molecule has 0 aromatic carbocycles. The van der Waals surface area contributed by atoms with Crippen LogP contribution in [-0.4, -0.2) is 70.1 Å². The topological polar surface area (TPSA) is 86.5 Å². The van der Waals surface area contributed by atoms with Gasteiger partial charge in [-0.3, -0.25) is 0 Å². The van der Waals surface area contributed by atoms with E-state index in [0.717, 1.165) is 11.7 Å². The van der Waals surface area contributed by atoms with Crippen molar-refractivity contribution in [3.8, 4) is 0 Å². The Kier molecular flexibility index (Phi) is 4.20. The summed E-state index contributed by atoms with van der Waals surface area (Å²) in [6, 6.07) is 0. The molecule has 1 fully saturated rings. The van der Waals surface area contributed by atoms with E-state index < -0.39 is 17.2 Å². The van der Waals surface area contributed by atoms with E-state index in [1.807, 2.05) is 40.2 Å². The predicted octanol–water partition coefficient (Wildman–Crippen LogP) is 1.16. The number of aliphatic hydroxyl groups is 1. The summed E-state index contributed by atoms with van der Waals surface area (Å²) in [7, 11) is 2.03. The van der Waals surface area contributed by atoms with E-state index in [4.69, 9.17) is 4.74 Å². The second-order valence-corrected chi connectivity index (χ2v) is 7.89. The van der Waals surface area contributed by atoms with E-state index in [1.54, 1.807) is 12.4 Å². The second-order valence-electron chi connectivity index (χ2n) is 7.89. The Bertz CT molecular complexity index is 691. The summed E-state index contributed by atoms with van der Waals surface area (Å²) < 4.78 is 5.81. The molecule has 0 bridgehead atoms. The number of hydrogen-bond acceptors (Lipinski definition) is 6. The first kappa shape index (κ1) is 17.6. The van der Waals surface area contributed by atoms with Crippen molar-refractivity contribution in [2.75, 3.05) is 26.7 Å². The molecule has 2 N–H and O–H groups in total. The third-order valence-corrected chi connectivity index (χ3v) is 4.52. The molecule has 0 aliphatic carbocycles. The molecule has 0 saturated carbocycles. The fourth-order valence-corrected chi connectivity index (χ4v) is 3.20. The number of amidine groups is 2. The highest BCUT2D eigenvalue weighted by Crippen LogP contribution is 2.27. The number of aliphatic imine (C=N–C) groups is 2. The summed E-state index contributed by atoms with van der Waals surface area (Å²) in [5.74, 6) is 1.62. The Morgan fingerprint density at radius 3 is 2.72 bits per heavy atom. The van der Waals surface area contributed by atoms with Crippen LogP contribution >= 0.6 is 0 Å². The van der Waals surface area contributed by atoms with Gasteiger partial charge in [0.25, 0.3) is 5.84 Å². The van der Waals surface area contributed by atoms with Crippen molar-refractivity contribution in [2.45, 2.75) is 38.3 Å². The number of ether oxygens (including phenoxy) is 1. The van der Waals surface area contributed by atoms with Crippen LogP contribution in [0.4, 0.5) is 4.79 Å². The van der Waals surface area contributed by atoms with Crippen LogP contribution in [0.25, 0.3) is 0 Å². The van der Waals surface area contributed by atoms with E-state index in [2.05, 4.69) is 20.2 Å². The number of fused-ring (bicyclic) bond motifs is 1. The van der Waals surface area contributed by atoms with Gasteiger partial charge in [0.1, 0.15) is 18.0 Å². The normalized spacial score (nSPS) is 30.8. The van der Waals surface area contributed by atoms with E-state index in [1.165, 1.54) is 0 Å². The number of carbonyl (C=O) groups excluding carboxylic acids is 1. The maximum atomic E-state index is 12.2. The summed E-state index contributed by atoms with van der Waals surface area (Å²) in [5.41, 5.74) is -1.33. The Morgan fingerprint density at radius 1 is 1.40 bits per heavy atom. The minimum atomic E-state index is -0.748. The second kappa shape index (κ2) is 5.96. The van der Waals surface area contributed by atoms with Gasteiger partial charge in [0.2, 0.25) is 5.84 Å². The molecule has 2 unspecified atom stereocenters. The fourth-order valence-electron chi connectivity index (χ4n) is 3.20. The fraction of sp³-hybridized carbons (Fsp3) is 0.588. The van der Waals surface area contributed by atoms with Gasteiger partial charge in [0, 0.05) is 13.1 Å². The van der Waals surface area contributed by atoms with Gasteiger partial charge in [-0.05, 0) is 27.2 Å². The van der Waals surface area contributed by atoms with Crippen molar-refractivity contribution >= 4 is 17.8 Å². The summed E-state index contributed by atoms with van der Waals surface area (Å²) in [5, 5.41) is 12.8. The van der Waals surface area contributed by atoms with Crippen LogP contribution in [0.3, 0.4) is 0 Å². The molecule has 0 radical (unpaired) electrons. The number of carbonyl (C=O) groups is 1. The zero-order valence-electron chi connectivity index (χ0n) is 15.2. The van der Waals surface area contributed by atoms with Gasteiger partial charge in [-0.1, -0.05) is 0 Å². The van der Waals surface area contributed by atoms with E-state index >= 15 is 0 Å². The van der Waals surface area contributed by atoms with Gasteiger partial charge >= 0.3 is 6.09 Å². The van der Waals surface area contributed by atoms with Crippen molar-refractivity contribution < 1.29 is 19.1 Å². The van der Waals surface area contributed by atoms with E-state index in [9.17, 15) is 9.90 Å². The minimum Gasteiger partial charge on any atom is -0.444 e. The van der Waals surface area contributed by atoms with Gasteiger partial charge in [-0.2, -0.15) is 4.99 Å². The van der Waals surface area contributed by atoms with Crippen LogP contribution < -0.4 is 5.32 Å². The summed E-state index contributed by atoms with van der Waals surface area (Å²) in [6.45, 7) is 6.39. The Balaban J connectivity index is 1.73. The molecule has 8 nitrogen and oxygen atoms in total. The number of hydrogen-bond donors (Lipinski definition) is 2. The van der Waals surface area contributed by atoms with Gasteiger partial charge in [0.05, 0.1) is 31.6 Å². The third-order valence-electron chi connectivity index (χ3n) is 4.52. The van der Waals surface area contributed by atoms with Gasteiger partial charge < -0.3 is 20.1 Å². The number of nitrogens with one attached hydrogen (secondary N) is 1. The van der Waals surface area contributed by atoms with E-state index in [-0.39, 0.29) is 6.61 Å². The molecule has 8 heteroatoms. The number of likely N-dealkylation sites (N-methyl/N-ethyl adjacent to an activating group) is 1. The van der Waals surface area contributed by atoms with Crippen LogP contribution in [0.15, 0.2) is 34.8 Å². The summed E-state index contributed by atoms with van der Waals surface area (Å²) >= 11 is 0. The highest BCUT2D eigenvalue weighted by Gasteiger charge is 2.45. The number of rotatable bonds is 2. The molecule has 3 rings (SSSR count). The highest BCUT2D eigenvalue weighted by molar-refractivity contribution is 6.38. The highest BCUT2D eigenvalue weighted by atomic mass is 16.6. The van der Waals surface area contributed by atoms with Gasteiger partial charge in [-0.25, -0.2) is 14.3 Å².